The van der Waals surface area contributed by atoms with Crippen LogP contribution in [0.25, 0.3) is 0 Å². The van der Waals surface area contributed by atoms with Crippen LogP contribution in [0.15, 0.2) is 0 Å². The largest absolute Gasteiger partial charge is 0.246 e. The van der Waals surface area contributed by atoms with Crippen LogP contribution in [0.2, 0.25) is 0 Å². The van der Waals surface area contributed by atoms with Gasteiger partial charge in [0, 0.05) is 32.4 Å². The molecule has 0 saturated heterocycles. The van der Waals surface area contributed by atoms with Crippen molar-refractivity contribution in [1.29, 1.82) is 0 Å². The van der Waals surface area contributed by atoms with Gasteiger partial charge in [-0.25, -0.2) is 15.0 Å². The van der Waals surface area contributed by atoms with Gasteiger partial charge in [-0.3, -0.25) is 0 Å². The molecule has 6 heteroatoms. The molecule has 0 atom stereocenters. The number of hydrogen-bond donors (Lipinski definition) is 0. The molecule has 3 aromatic heterocycles. The van der Waals surface area contributed by atoms with Gasteiger partial charge in [0.1, 0.15) is 0 Å². The SMILES string of the molecule is CC(C)c1nc2c(s1)CCC2.CC(C)c1nc2c(s1)CCCC2.CC(C)c1nc2c(s1)CCCCC2. The van der Waals surface area contributed by atoms with Crippen LogP contribution in [-0.2, 0) is 38.5 Å². The fraction of sp³-hybridized carbons (Fsp3) is 0.700. The zero-order chi connectivity index (χ0) is 25.7. The van der Waals surface area contributed by atoms with Crippen molar-refractivity contribution in [2.75, 3.05) is 0 Å². The molecule has 0 amide bonds. The fourth-order valence-corrected chi connectivity index (χ4v) is 8.34. The molecule has 0 unspecified atom stereocenters. The summed E-state index contributed by atoms with van der Waals surface area (Å²) in [5.74, 6) is 1.84. The molecular weight excluding hydrogens is 499 g/mol. The minimum atomic E-state index is 0.608. The predicted molar refractivity (Wildman–Crippen MR) is 159 cm³/mol. The van der Waals surface area contributed by atoms with E-state index in [0.29, 0.717) is 17.8 Å². The van der Waals surface area contributed by atoms with Crippen LogP contribution in [0.5, 0.6) is 0 Å². The summed E-state index contributed by atoms with van der Waals surface area (Å²) in [6.45, 7) is 13.4. The van der Waals surface area contributed by atoms with Crippen molar-refractivity contribution < 1.29 is 0 Å². The van der Waals surface area contributed by atoms with Gasteiger partial charge in [0.05, 0.1) is 32.1 Å². The van der Waals surface area contributed by atoms with Crippen LogP contribution in [0.4, 0.5) is 0 Å². The van der Waals surface area contributed by atoms with Crippen LogP contribution in [0.3, 0.4) is 0 Å². The molecule has 3 aliphatic carbocycles. The Hall–Kier alpha value is -1.11. The first-order valence-electron chi connectivity index (χ1n) is 14.3. The molecular formula is C30H45N3S3. The van der Waals surface area contributed by atoms with Gasteiger partial charge in [0.2, 0.25) is 0 Å². The molecule has 0 bridgehead atoms. The van der Waals surface area contributed by atoms with Crippen LogP contribution in [0.1, 0.15) is 145 Å². The summed E-state index contributed by atoms with van der Waals surface area (Å²) in [4.78, 5) is 18.7. The Balaban J connectivity index is 0.000000127. The second kappa shape index (κ2) is 13.1. The lowest BCUT2D eigenvalue weighted by molar-refractivity contribution is 0.678. The second-order valence-corrected chi connectivity index (χ2v) is 14.7. The Morgan fingerprint density at radius 2 is 0.722 bits per heavy atom. The Morgan fingerprint density at radius 1 is 0.417 bits per heavy atom. The van der Waals surface area contributed by atoms with E-state index in [2.05, 4.69) is 51.5 Å². The van der Waals surface area contributed by atoms with E-state index in [1.807, 2.05) is 34.0 Å². The van der Waals surface area contributed by atoms with Gasteiger partial charge in [-0.05, 0) is 70.6 Å². The van der Waals surface area contributed by atoms with Crippen molar-refractivity contribution in [2.45, 2.75) is 136 Å². The summed E-state index contributed by atoms with van der Waals surface area (Å²) < 4.78 is 0. The van der Waals surface area contributed by atoms with Crippen LogP contribution in [0, 0.1) is 0 Å². The molecule has 3 aromatic rings. The minimum Gasteiger partial charge on any atom is -0.246 e. The lowest BCUT2D eigenvalue weighted by Crippen LogP contribution is -1.99. The van der Waals surface area contributed by atoms with E-state index in [9.17, 15) is 0 Å². The highest BCUT2D eigenvalue weighted by atomic mass is 32.1. The van der Waals surface area contributed by atoms with Crippen LogP contribution < -0.4 is 0 Å². The number of rotatable bonds is 3. The van der Waals surface area contributed by atoms with Gasteiger partial charge in [-0.2, -0.15) is 0 Å². The maximum atomic E-state index is 4.73. The molecule has 36 heavy (non-hydrogen) atoms. The van der Waals surface area contributed by atoms with E-state index in [1.54, 1.807) is 14.6 Å². The Labute approximate surface area is 231 Å². The quantitative estimate of drug-likeness (QED) is 0.309. The van der Waals surface area contributed by atoms with E-state index < -0.39 is 0 Å². The number of thiazole rings is 3. The first-order valence-corrected chi connectivity index (χ1v) is 16.7. The highest BCUT2D eigenvalue weighted by Gasteiger charge is 2.18. The average Bonchev–Trinajstić information content (AvgIpc) is 3.61. The zero-order valence-corrected chi connectivity index (χ0v) is 25.7. The first kappa shape index (κ1) is 27.9. The third kappa shape index (κ3) is 7.26. The molecule has 0 fully saturated rings. The summed E-state index contributed by atoms with van der Waals surface area (Å²) in [6.07, 6.45) is 15.6. The fourth-order valence-electron chi connectivity index (χ4n) is 4.87. The third-order valence-corrected chi connectivity index (χ3v) is 11.4. The molecule has 0 spiro atoms. The van der Waals surface area contributed by atoms with Crippen molar-refractivity contribution in [3.8, 4) is 0 Å². The highest BCUT2D eigenvalue weighted by molar-refractivity contribution is 7.12. The third-order valence-electron chi connectivity index (χ3n) is 7.07. The predicted octanol–water partition coefficient (Wildman–Crippen LogP) is 9.44. The average molecular weight is 544 g/mol. The molecule has 0 saturated carbocycles. The Bertz CT molecular complexity index is 1030. The number of nitrogens with zero attached hydrogens (tertiary/aromatic N) is 3. The zero-order valence-electron chi connectivity index (χ0n) is 23.3. The number of aromatic nitrogens is 3. The standard InChI is InChI=1S/C11H17NS.C10H15NS.C9H13NS/c1-8(2)11-12-9-6-4-3-5-7-10(9)13-11;1-7(2)10-11-8-5-3-4-6-9(8)12-10;1-6(2)9-10-7-4-3-5-8(7)11-9/h8H,3-7H2,1-2H3;7H,3-6H2,1-2H3;6H,3-5H2,1-2H3. The molecule has 3 heterocycles. The van der Waals surface area contributed by atoms with Gasteiger partial charge < -0.3 is 0 Å². The molecule has 0 radical (unpaired) electrons. The lowest BCUT2D eigenvalue weighted by Gasteiger charge is -2.06. The number of aryl methyl sites for hydroxylation is 6. The lowest BCUT2D eigenvalue weighted by atomic mass is 10.0. The first-order chi connectivity index (χ1) is 17.3. The summed E-state index contributed by atoms with van der Waals surface area (Å²) in [5, 5.41) is 4.00. The molecule has 3 nitrogen and oxygen atoms in total. The van der Waals surface area contributed by atoms with E-state index in [0.717, 1.165) is 0 Å². The van der Waals surface area contributed by atoms with Crippen molar-refractivity contribution in [1.82, 2.24) is 15.0 Å². The summed E-state index contributed by atoms with van der Waals surface area (Å²) in [6, 6.07) is 0. The molecule has 0 N–H and O–H groups in total. The maximum Gasteiger partial charge on any atom is 0.0956 e. The van der Waals surface area contributed by atoms with Gasteiger partial charge >= 0.3 is 0 Å². The maximum absolute atomic E-state index is 4.73. The number of fused-ring (bicyclic) bond motifs is 3. The van der Waals surface area contributed by atoms with E-state index in [4.69, 9.17) is 4.98 Å². The van der Waals surface area contributed by atoms with Gasteiger partial charge in [-0.1, -0.05) is 48.0 Å². The van der Waals surface area contributed by atoms with Gasteiger partial charge in [0.15, 0.2) is 0 Å². The second-order valence-electron chi connectivity index (χ2n) is 11.4. The van der Waals surface area contributed by atoms with Gasteiger partial charge in [0.25, 0.3) is 0 Å². The monoisotopic (exact) mass is 543 g/mol. The smallest absolute Gasteiger partial charge is 0.0956 e. The van der Waals surface area contributed by atoms with E-state index in [-0.39, 0.29) is 0 Å². The van der Waals surface area contributed by atoms with Crippen LogP contribution in [-0.4, -0.2) is 15.0 Å². The Kier molecular flexibility index (Phi) is 10.2. The molecule has 3 aliphatic rings. The summed E-state index contributed by atoms with van der Waals surface area (Å²) in [5.41, 5.74) is 4.19. The van der Waals surface area contributed by atoms with E-state index >= 15 is 0 Å². The van der Waals surface area contributed by atoms with Crippen molar-refractivity contribution in [3.63, 3.8) is 0 Å². The Morgan fingerprint density at radius 3 is 1.14 bits per heavy atom. The van der Waals surface area contributed by atoms with Gasteiger partial charge in [-0.15, -0.1) is 34.0 Å². The molecule has 0 aliphatic heterocycles. The summed E-state index contributed by atoms with van der Waals surface area (Å²) >= 11 is 5.80. The van der Waals surface area contributed by atoms with Crippen LogP contribution >= 0.6 is 34.0 Å². The molecule has 198 valence electrons. The minimum absolute atomic E-state index is 0.608. The van der Waals surface area contributed by atoms with Crippen molar-refractivity contribution in [2.24, 2.45) is 0 Å². The van der Waals surface area contributed by atoms with Crippen molar-refractivity contribution >= 4 is 34.0 Å². The topological polar surface area (TPSA) is 38.7 Å². The highest BCUT2D eigenvalue weighted by Crippen LogP contribution is 2.32. The molecule has 0 aromatic carbocycles. The molecule has 6 rings (SSSR count). The van der Waals surface area contributed by atoms with Crippen molar-refractivity contribution in [3.05, 3.63) is 46.7 Å². The number of hydrogen-bond acceptors (Lipinski definition) is 6. The summed E-state index contributed by atoms with van der Waals surface area (Å²) in [7, 11) is 0. The normalized spacial score (nSPS) is 16.6. The van der Waals surface area contributed by atoms with E-state index in [1.165, 1.54) is 109 Å².